The predicted octanol–water partition coefficient (Wildman–Crippen LogP) is 3.73. The van der Waals surface area contributed by atoms with E-state index < -0.39 is 29.9 Å². The van der Waals surface area contributed by atoms with Gasteiger partial charge in [-0.2, -0.15) is 0 Å². The number of hydrogen-bond acceptors (Lipinski definition) is 4. The SMILES string of the molecule is CCc1ccc(NC(=O)COC(=O)C(C)(C)Oc2ccc(F)cc2)cc1. The summed E-state index contributed by atoms with van der Waals surface area (Å²) < 4.78 is 23.5. The van der Waals surface area contributed by atoms with Crippen LogP contribution in [0.5, 0.6) is 5.75 Å². The molecule has 1 amide bonds. The lowest BCUT2D eigenvalue weighted by Crippen LogP contribution is -2.41. The molecule has 0 atom stereocenters. The Bertz CT molecular complexity index is 754. The average molecular weight is 359 g/mol. The molecular weight excluding hydrogens is 337 g/mol. The minimum Gasteiger partial charge on any atom is -0.476 e. The Hall–Kier alpha value is -2.89. The van der Waals surface area contributed by atoms with Crippen molar-refractivity contribution < 1.29 is 23.5 Å². The number of carbonyl (C=O) groups excluding carboxylic acids is 2. The van der Waals surface area contributed by atoms with Gasteiger partial charge < -0.3 is 14.8 Å². The van der Waals surface area contributed by atoms with Gasteiger partial charge in [-0.25, -0.2) is 9.18 Å². The first kappa shape index (κ1) is 19.4. The number of rotatable bonds is 7. The Morgan fingerprint density at radius 3 is 2.23 bits per heavy atom. The summed E-state index contributed by atoms with van der Waals surface area (Å²) in [5.74, 6) is -1.21. The van der Waals surface area contributed by atoms with Crippen molar-refractivity contribution in [2.24, 2.45) is 0 Å². The fourth-order valence-corrected chi connectivity index (χ4v) is 2.16. The number of esters is 1. The first-order chi connectivity index (χ1) is 12.3. The molecule has 0 aliphatic heterocycles. The lowest BCUT2D eigenvalue weighted by molar-refractivity contribution is -0.161. The van der Waals surface area contributed by atoms with Crippen LogP contribution in [0.15, 0.2) is 48.5 Å². The molecular formula is C20H22FNO4. The number of benzene rings is 2. The average Bonchev–Trinajstić information content (AvgIpc) is 2.62. The predicted molar refractivity (Wildman–Crippen MR) is 96.5 cm³/mol. The molecule has 0 bridgehead atoms. The Labute approximate surface area is 152 Å². The third-order valence-electron chi connectivity index (χ3n) is 3.66. The van der Waals surface area contributed by atoms with E-state index in [1.165, 1.54) is 38.1 Å². The minimum absolute atomic E-state index is 0.328. The molecule has 0 aliphatic rings. The summed E-state index contributed by atoms with van der Waals surface area (Å²) in [6, 6.07) is 12.7. The van der Waals surface area contributed by atoms with Gasteiger partial charge in [-0.15, -0.1) is 0 Å². The van der Waals surface area contributed by atoms with Crippen molar-refractivity contribution in [2.75, 3.05) is 11.9 Å². The highest BCUT2D eigenvalue weighted by Crippen LogP contribution is 2.20. The topological polar surface area (TPSA) is 64.6 Å². The van der Waals surface area contributed by atoms with Crippen LogP contribution in [0.4, 0.5) is 10.1 Å². The molecule has 0 fully saturated rings. The zero-order valence-electron chi connectivity index (χ0n) is 15.0. The quantitative estimate of drug-likeness (QED) is 0.765. The maximum absolute atomic E-state index is 12.9. The van der Waals surface area contributed by atoms with Crippen LogP contribution in [0.3, 0.4) is 0 Å². The monoisotopic (exact) mass is 359 g/mol. The largest absolute Gasteiger partial charge is 0.476 e. The van der Waals surface area contributed by atoms with Crippen molar-refractivity contribution in [2.45, 2.75) is 32.8 Å². The number of halogens is 1. The molecule has 0 spiro atoms. The fraction of sp³-hybridized carbons (Fsp3) is 0.300. The molecule has 0 unspecified atom stereocenters. The summed E-state index contributed by atoms with van der Waals surface area (Å²) in [6.07, 6.45) is 0.912. The fourth-order valence-electron chi connectivity index (χ4n) is 2.16. The molecule has 2 rings (SSSR count). The van der Waals surface area contributed by atoms with Crippen LogP contribution in [-0.4, -0.2) is 24.1 Å². The van der Waals surface area contributed by atoms with E-state index in [0.29, 0.717) is 11.4 Å². The number of carbonyl (C=O) groups is 2. The van der Waals surface area contributed by atoms with Gasteiger partial charge in [0.25, 0.3) is 5.91 Å². The Morgan fingerprint density at radius 1 is 1.04 bits per heavy atom. The summed E-state index contributed by atoms with van der Waals surface area (Å²) in [4.78, 5) is 24.1. The van der Waals surface area contributed by atoms with Gasteiger partial charge in [0, 0.05) is 5.69 Å². The number of nitrogens with one attached hydrogen (secondary N) is 1. The van der Waals surface area contributed by atoms with Crippen LogP contribution in [-0.2, 0) is 20.7 Å². The maximum atomic E-state index is 12.9. The molecule has 0 radical (unpaired) electrons. The van der Waals surface area contributed by atoms with E-state index in [9.17, 15) is 14.0 Å². The molecule has 0 saturated carbocycles. The molecule has 0 aliphatic carbocycles. The summed E-state index contributed by atoms with van der Waals surface area (Å²) in [5, 5.41) is 2.66. The van der Waals surface area contributed by atoms with E-state index in [1.54, 1.807) is 12.1 Å². The van der Waals surface area contributed by atoms with Gasteiger partial charge in [0.1, 0.15) is 11.6 Å². The van der Waals surface area contributed by atoms with E-state index in [0.717, 1.165) is 12.0 Å². The Kier molecular flexibility index (Phi) is 6.33. The van der Waals surface area contributed by atoms with Crippen LogP contribution in [0.1, 0.15) is 26.3 Å². The molecule has 5 nitrogen and oxygen atoms in total. The van der Waals surface area contributed by atoms with Crippen LogP contribution in [0, 0.1) is 5.82 Å². The smallest absolute Gasteiger partial charge is 0.350 e. The number of amides is 1. The van der Waals surface area contributed by atoms with Gasteiger partial charge in [0.15, 0.2) is 12.2 Å². The van der Waals surface area contributed by atoms with Gasteiger partial charge in [-0.05, 0) is 62.2 Å². The van der Waals surface area contributed by atoms with Gasteiger partial charge in [0.05, 0.1) is 0 Å². The highest BCUT2D eigenvalue weighted by molar-refractivity contribution is 5.93. The zero-order valence-corrected chi connectivity index (χ0v) is 15.0. The van der Waals surface area contributed by atoms with Crippen molar-refractivity contribution >= 4 is 17.6 Å². The molecule has 138 valence electrons. The highest BCUT2D eigenvalue weighted by Gasteiger charge is 2.32. The van der Waals surface area contributed by atoms with Crippen molar-refractivity contribution in [3.05, 3.63) is 59.9 Å². The summed E-state index contributed by atoms with van der Waals surface area (Å²) >= 11 is 0. The molecule has 6 heteroatoms. The molecule has 0 aromatic heterocycles. The lowest BCUT2D eigenvalue weighted by atomic mass is 10.1. The molecule has 2 aromatic rings. The Balaban J connectivity index is 1.85. The highest BCUT2D eigenvalue weighted by atomic mass is 19.1. The third kappa shape index (κ3) is 5.58. The maximum Gasteiger partial charge on any atom is 0.350 e. The number of anilines is 1. The van der Waals surface area contributed by atoms with Crippen LogP contribution >= 0.6 is 0 Å². The number of hydrogen-bond donors (Lipinski definition) is 1. The second-order valence-corrected chi connectivity index (χ2v) is 6.24. The summed E-state index contributed by atoms with van der Waals surface area (Å²) in [7, 11) is 0. The number of aryl methyl sites for hydroxylation is 1. The molecule has 0 heterocycles. The first-order valence-corrected chi connectivity index (χ1v) is 8.31. The summed E-state index contributed by atoms with van der Waals surface area (Å²) in [5.41, 5.74) is 0.472. The van der Waals surface area contributed by atoms with E-state index >= 15 is 0 Å². The van der Waals surface area contributed by atoms with Crippen LogP contribution < -0.4 is 10.1 Å². The van der Waals surface area contributed by atoms with Crippen LogP contribution in [0.2, 0.25) is 0 Å². The van der Waals surface area contributed by atoms with Crippen molar-refractivity contribution in [3.63, 3.8) is 0 Å². The molecule has 2 aromatic carbocycles. The van der Waals surface area contributed by atoms with Gasteiger partial charge in [-0.3, -0.25) is 4.79 Å². The van der Waals surface area contributed by atoms with E-state index in [-0.39, 0.29) is 0 Å². The van der Waals surface area contributed by atoms with Crippen LogP contribution in [0.25, 0.3) is 0 Å². The van der Waals surface area contributed by atoms with E-state index in [2.05, 4.69) is 5.32 Å². The molecule has 0 saturated heterocycles. The minimum atomic E-state index is -1.32. The normalized spacial score (nSPS) is 10.9. The lowest BCUT2D eigenvalue weighted by Gasteiger charge is -2.24. The zero-order chi connectivity index (χ0) is 19.2. The number of ether oxygens (including phenoxy) is 2. The summed E-state index contributed by atoms with van der Waals surface area (Å²) in [6.45, 7) is 4.65. The van der Waals surface area contributed by atoms with Gasteiger partial charge in [-0.1, -0.05) is 19.1 Å². The van der Waals surface area contributed by atoms with Crippen molar-refractivity contribution in [1.29, 1.82) is 0 Å². The Morgan fingerprint density at radius 2 is 1.65 bits per heavy atom. The van der Waals surface area contributed by atoms with Gasteiger partial charge in [0.2, 0.25) is 0 Å². The molecule has 1 N–H and O–H groups in total. The first-order valence-electron chi connectivity index (χ1n) is 8.31. The van der Waals surface area contributed by atoms with Gasteiger partial charge >= 0.3 is 5.97 Å². The van der Waals surface area contributed by atoms with E-state index in [1.807, 2.05) is 19.1 Å². The van der Waals surface area contributed by atoms with Crippen molar-refractivity contribution in [1.82, 2.24) is 0 Å². The third-order valence-corrected chi connectivity index (χ3v) is 3.66. The second-order valence-electron chi connectivity index (χ2n) is 6.24. The standard InChI is InChI=1S/C20H22FNO4/c1-4-14-5-9-16(10-6-14)22-18(23)13-25-19(24)20(2,3)26-17-11-7-15(21)8-12-17/h5-12H,4,13H2,1-3H3,(H,22,23). The van der Waals surface area contributed by atoms with E-state index in [4.69, 9.17) is 9.47 Å². The molecule has 26 heavy (non-hydrogen) atoms. The van der Waals surface area contributed by atoms with Crippen molar-refractivity contribution in [3.8, 4) is 5.75 Å². The second kappa shape index (κ2) is 8.47.